The number of likely N-dealkylation sites (tertiary alicyclic amines) is 1. The number of ether oxygens (including phenoxy) is 1. The fourth-order valence-corrected chi connectivity index (χ4v) is 3.06. The Morgan fingerprint density at radius 1 is 1.37 bits per heavy atom. The molecule has 1 saturated heterocycles. The summed E-state index contributed by atoms with van der Waals surface area (Å²) in [6.07, 6.45) is 6.87. The molecule has 9 nitrogen and oxygen atoms in total. The van der Waals surface area contributed by atoms with Gasteiger partial charge in [-0.25, -0.2) is 9.78 Å². The standard InChI is InChI=1S/C18H27N7O2/c1-18(2,3)27-17(26)25-7-5-6-13(11-25)22-15-14(9-20-16(19)23-15)12-8-21-24(4)10-12/h8-10,13H,5-7,11H2,1-4H3,(H3,19,20,22,23)/t13-/m1/s1. The van der Waals surface area contributed by atoms with E-state index in [1.54, 1.807) is 22.0 Å². The number of amides is 1. The molecule has 1 fully saturated rings. The van der Waals surface area contributed by atoms with Gasteiger partial charge in [-0.05, 0) is 33.6 Å². The lowest BCUT2D eigenvalue weighted by atomic mass is 10.1. The molecule has 0 radical (unpaired) electrons. The quantitative estimate of drug-likeness (QED) is 0.849. The predicted octanol–water partition coefficient (Wildman–Crippen LogP) is 2.27. The number of nitrogen functional groups attached to an aromatic ring is 1. The summed E-state index contributed by atoms with van der Waals surface area (Å²) in [5.41, 5.74) is 7.01. The zero-order valence-electron chi connectivity index (χ0n) is 16.3. The summed E-state index contributed by atoms with van der Waals surface area (Å²) in [5, 5.41) is 7.63. The molecule has 27 heavy (non-hydrogen) atoms. The topological polar surface area (TPSA) is 111 Å². The van der Waals surface area contributed by atoms with E-state index in [9.17, 15) is 4.79 Å². The second kappa shape index (κ2) is 7.42. The Balaban J connectivity index is 1.75. The Labute approximate surface area is 158 Å². The summed E-state index contributed by atoms with van der Waals surface area (Å²) >= 11 is 0. The van der Waals surface area contributed by atoms with Crippen molar-refractivity contribution < 1.29 is 9.53 Å². The van der Waals surface area contributed by atoms with Crippen molar-refractivity contribution in [3.63, 3.8) is 0 Å². The van der Waals surface area contributed by atoms with Crippen LogP contribution < -0.4 is 11.1 Å². The van der Waals surface area contributed by atoms with Gasteiger partial charge in [-0.3, -0.25) is 4.68 Å². The highest BCUT2D eigenvalue weighted by molar-refractivity contribution is 5.74. The van der Waals surface area contributed by atoms with Crippen molar-refractivity contribution in [1.29, 1.82) is 0 Å². The van der Waals surface area contributed by atoms with E-state index in [4.69, 9.17) is 10.5 Å². The minimum Gasteiger partial charge on any atom is -0.444 e. The molecule has 0 spiro atoms. The first-order valence-corrected chi connectivity index (χ1v) is 9.07. The molecule has 0 aromatic carbocycles. The van der Waals surface area contributed by atoms with Crippen molar-refractivity contribution in [2.24, 2.45) is 7.05 Å². The monoisotopic (exact) mass is 373 g/mol. The summed E-state index contributed by atoms with van der Waals surface area (Å²) in [5.74, 6) is 0.844. The van der Waals surface area contributed by atoms with Crippen LogP contribution in [0.2, 0.25) is 0 Å². The number of hydrogen-bond acceptors (Lipinski definition) is 7. The van der Waals surface area contributed by atoms with Gasteiger partial charge in [-0.15, -0.1) is 0 Å². The van der Waals surface area contributed by atoms with Crippen LogP contribution in [-0.2, 0) is 11.8 Å². The fraction of sp³-hybridized carbons (Fsp3) is 0.556. The van der Waals surface area contributed by atoms with E-state index in [0.29, 0.717) is 18.9 Å². The van der Waals surface area contributed by atoms with Crippen molar-refractivity contribution in [2.75, 3.05) is 24.1 Å². The maximum absolute atomic E-state index is 12.4. The van der Waals surface area contributed by atoms with Crippen LogP contribution >= 0.6 is 0 Å². The number of nitrogens with one attached hydrogen (secondary N) is 1. The highest BCUT2D eigenvalue weighted by Crippen LogP contribution is 2.27. The Bertz CT molecular complexity index is 812. The molecular formula is C18H27N7O2. The largest absolute Gasteiger partial charge is 0.444 e. The molecule has 0 unspecified atom stereocenters. The van der Waals surface area contributed by atoms with Crippen LogP contribution in [-0.4, -0.2) is 55.5 Å². The highest BCUT2D eigenvalue weighted by Gasteiger charge is 2.28. The zero-order valence-corrected chi connectivity index (χ0v) is 16.3. The number of hydrogen-bond donors (Lipinski definition) is 2. The van der Waals surface area contributed by atoms with Gasteiger partial charge in [-0.2, -0.15) is 10.1 Å². The maximum Gasteiger partial charge on any atom is 0.410 e. The van der Waals surface area contributed by atoms with Gasteiger partial charge in [0.2, 0.25) is 5.95 Å². The molecule has 3 heterocycles. The summed E-state index contributed by atoms with van der Waals surface area (Å²) < 4.78 is 7.22. The number of carbonyl (C=O) groups excluding carboxylic acids is 1. The number of anilines is 2. The van der Waals surface area contributed by atoms with Crippen molar-refractivity contribution in [3.05, 3.63) is 18.6 Å². The average molecular weight is 373 g/mol. The molecular weight excluding hydrogens is 346 g/mol. The minimum atomic E-state index is -0.508. The Hall–Kier alpha value is -2.84. The van der Waals surface area contributed by atoms with Crippen LogP contribution in [0.25, 0.3) is 11.1 Å². The summed E-state index contributed by atoms with van der Waals surface area (Å²) in [6.45, 7) is 6.84. The molecule has 3 N–H and O–H groups in total. The van der Waals surface area contributed by atoms with Gasteiger partial charge in [0.25, 0.3) is 0 Å². The van der Waals surface area contributed by atoms with Gasteiger partial charge in [0.05, 0.1) is 6.20 Å². The van der Waals surface area contributed by atoms with Gasteiger partial charge >= 0.3 is 6.09 Å². The van der Waals surface area contributed by atoms with Crippen LogP contribution in [0, 0.1) is 0 Å². The Morgan fingerprint density at radius 3 is 2.81 bits per heavy atom. The highest BCUT2D eigenvalue weighted by atomic mass is 16.6. The number of aromatic nitrogens is 4. The van der Waals surface area contributed by atoms with E-state index < -0.39 is 5.60 Å². The number of aryl methyl sites for hydroxylation is 1. The molecule has 1 aliphatic heterocycles. The third-order valence-corrected chi connectivity index (χ3v) is 4.24. The predicted molar refractivity (Wildman–Crippen MR) is 103 cm³/mol. The average Bonchev–Trinajstić information content (AvgIpc) is 3.00. The molecule has 9 heteroatoms. The molecule has 146 valence electrons. The van der Waals surface area contributed by atoms with Crippen molar-refractivity contribution >= 4 is 17.9 Å². The van der Waals surface area contributed by atoms with Gasteiger partial charge in [-0.1, -0.05) is 0 Å². The number of piperidine rings is 1. The Morgan fingerprint density at radius 2 is 2.15 bits per heavy atom. The van der Waals surface area contributed by atoms with E-state index >= 15 is 0 Å². The van der Waals surface area contributed by atoms with Crippen LogP contribution in [0.5, 0.6) is 0 Å². The van der Waals surface area contributed by atoms with Gasteiger partial charge < -0.3 is 20.7 Å². The van der Waals surface area contributed by atoms with Crippen molar-refractivity contribution in [2.45, 2.75) is 45.3 Å². The van der Waals surface area contributed by atoms with Crippen LogP contribution in [0.1, 0.15) is 33.6 Å². The van der Waals surface area contributed by atoms with E-state index in [0.717, 1.165) is 24.0 Å². The minimum absolute atomic E-state index is 0.0518. The lowest BCUT2D eigenvalue weighted by Crippen LogP contribution is -2.47. The fourth-order valence-electron chi connectivity index (χ4n) is 3.06. The molecule has 0 aliphatic carbocycles. The number of nitrogens with two attached hydrogens (primary N) is 1. The van der Waals surface area contributed by atoms with Crippen LogP contribution in [0.15, 0.2) is 18.6 Å². The van der Waals surface area contributed by atoms with Crippen molar-refractivity contribution in [3.8, 4) is 11.1 Å². The SMILES string of the molecule is Cn1cc(-c2cnc(N)nc2N[C@@H]2CCCN(C(=O)OC(C)(C)C)C2)cn1. The molecule has 0 saturated carbocycles. The molecule has 2 aromatic heterocycles. The lowest BCUT2D eigenvalue weighted by Gasteiger charge is -2.34. The van der Waals surface area contributed by atoms with Gasteiger partial charge in [0.1, 0.15) is 11.4 Å². The van der Waals surface area contributed by atoms with E-state index in [-0.39, 0.29) is 18.1 Å². The third kappa shape index (κ3) is 4.87. The zero-order chi connectivity index (χ0) is 19.6. The molecule has 3 rings (SSSR count). The molecule has 1 atom stereocenters. The van der Waals surface area contributed by atoms with Crippen LogP contribution in [0.3, 0.4) is 0 Å². The maximum atomic E-state index is 12.4. The molecule has 1 amide bonds. The number of carbonyl (C=O) groups is 1. The van der Waals surface area contributed by atoms with Gasteiger partial charge in [0.15, 0.2) is 0 Å². The number of nitrogens with zero attached hydrogens (tertiary/aromatic N) is 5. The van der Waals surface area contributed by atoms with E-state index in [2.05, 4.69) is 20.4 Å². The first-order chi connectivity index (χ1) is 12.7. The second-order valence-electron chi connectivity index (χ2n) is 7.80. The normalized spacial score (nSPS) is 17.6. The lowest BCUT2D eigenvalue weighted by molar-refractivity contribution is 0.0206. The van der Waals surface area contributed by atoms with E-state index in [1.165, 1.54) is 0 Å². The first kappa shape index (κ1) is 18.9. The summed E-state index contributed by atoms with van der Waals surface area (Å²) in [4.78, 5) is 22.6. The molecule has 1 aliphatic rings. The van der Waals surface area contributed by atoms with Crippen LogP contribution in [0.4, 0.5) is 16.6 Å². The summed E-state index contributed by atoms with van der Waals surface area (Å²) in [6, 6.07) is 0.0518. The first-order valence-electron chi connectivity index (χ1n) is 9.07. The third-order valence-electron chi connectivity index (χ3n) is 4.24. The van der Waals surface area contributed by atoms with Crippen molar-refractivity contribution in [1.82, 2.24) is 24.6 Å². The Kier molecular flexibility index (Phi) is 5.20. The molecule has 2 aromatic rings. The smallest absolute Gasteiger partial charge is 0.410 e. The summed E-state index contributed by atoms with van der Waals surface area (Å²) in [7, 11) is 1.86. The second-order valence-corrected chi connectivity index (χ2v) is 7.80. The number of rotatable bonds is 3. The van der Waals surface area contributed by atoms with Gasteiger partial charge in [0, 0.05) is 49.7 Å². The van der Waals surface area contributed by atoms with E-state index in [1.807, 2.05) is 34.0 Å². The molecule has 0 bridgehead atoms.